The van der Waals surface area contributed by atoms with E-state index in [0.717, 1.165) is 25.0 Å². The van der Waals surface area contributed by atoms with Crippen LogP contribution in [0.5, 0.6) is 0 Å². The summed E-state index contributed by atoms with van der Waals surface area (Å²) in [7, 11) is -3.45. The number of H-pyrrole nitrogens is 1. The molecule has 1 aromatic heterocycles. The van der Waals surface area contributed by atoms with Gasteiger partial charge in [0.1, 0.15) is 0 Å². The number of aromatic nitrogens is 1. The SMILES string of the molecule is CC(C)CC1(CNS(=O)(=O)c2c[nH]c(CN)c2)CCCC1. The Morgan fingerprint density at radius 3 is 2.57 bits per heavy atom. The van der Waals surface area contributed by atoms with Crippen LogP contribution in [0.3, 0.4) is 0 Å². The van der Waals surface area contributed by atoms with Gasteiger partial charge in [-0.15, -0.1) is 0 Å². The molecule has 1 saturated carbocycles. The van der Waals surface area contributed by atoms with E-state index in [-0.39, 0.29) is 10.3 Å². The molecule has 1 fully saturated rings. The third-order valence-electron chi connectivity index (χ3n) is 4.39. The minimum atomic E-state index is -3.45. The van der Waals surface area contributed by atoms with E-state index in [1.165, 1.54) is 19.0 Å². The van der Waals surface area contributed by atoms with Crippen LogP contribution in [0.2, 0.25) is 0 Å². The fraction of sp³-hybridized carbons (Fsp3) is 0.733. The van der Waals surface area contributed by atoms with Gasteiger partial charge in [-0.3, -0.25) is 0 Å². The van der Waals surface area contributed by atoms with Crippen LogP contribution >= 0.6 is 0 Å². The number of hydrogen-bond donors (Lipinski definition) is 3. The van der Waals surface area contributed by atoms with E-state index in [4.69, 9.17) is 5.73 Å². The smallest absolute Gasteiger partial charge is 0.242 e. The molecular formula is C15H27N3O2S. The average Bonchev–Trinajstić information content (AvgIpc) is 3.05. The first-order chi connectivity index (χ1) is 9.87. The molecule has 1 aliphatic rings. The van der Waals surface area contributed by atoms with Crippen molar-refractivity contribution in [2.45, 2.75) is 57.4 Å². The second-order valence-electron chi connectivity index (χ2n) is 6.69. The standard InChI is InChI=1S/C15H27N3O2S/c1-12(2)8-15(5-3-4-6-15)11-18-21(19,20)14-7-13(9-16)17-10-14/h7,10,12,17-18H,3-6,8-9,11,16H2,1-2H3. The van der Waals surface area contributed by atoms with Crippen molar-refractivity contribution in [3.05, 3.63) is 18.0 Å². The summed E-state index contributed by atoms with van der Waals surface area (Å²) < 4.78 is 27.6. The Morgan fingerprint density at radius 1 is 1.38 bits per heavy atom. The van der Waals surface area contributed by atoms with Gasteiger partial charge < -0.3 is 10.7 Å². The molecule has 1 aliphatic carbocycles. The van der Waals surface area contributed by atoms with Gasteiger partial charge in [0.2, 0.25) is 10.0 Å². The summed E-state index contributed by atoms with van der Waals surface area (Å²) in [6.07, 6.45) is 7.24. The lowest BCUT2D eigenvalue weighted by Gasteiger charge is -2.31. The molecule has 0 aromatic carbocycles. The topological polar surface area (TPSA) is 88.0 Å². The number of nitrogens with two attached hydrogens (primary N) is 1. The average molecular weight is 313 g/mol. The van der Waals surface area contributed by atoms with Gasteiger partial charge in [-0.1, -0.05) is 26.7 Å². The van der Waals surface area contributed by atoms with E-state index < -0.39 is 10.0 Å². The molecular weight excluding hydrogens is 286 g/mol. The largest absolute Gasteiger partial charge is 0.363 e. The Labute approximate surface area is 127 Å². The summed E-state index contributed by atoms with van der Waals surface area (Å²) >= 11 is 0. The van der Waals surface area contributed by atoms with Gasteiger partial charge in [-0.25, -0.2) is 13.1 Å². The molecule has 6 heteroatoms. The van der Waals surface area contributed by atoms with Gasteiger partial charge in [0, 0.05) is 25.0 Å². The van der Waals surface area contributed by atoms with Gasteiger partial charge >= 0.3 is 0 Å². The fourth-order valence-corrected chi connectivity index (χ4v) is 4.64. The van der Waals surface area contributed by atoms with Crippen LogP contribution in [0.25, 0.3) is 0 Å². The van der Waals surface area contributed by atoms with Gasteiger partial charge in [-0.05, 0) is 36.7 Å². The number of nitrogens with one attached hydrogen (secondary N) is 2. The predicted octanol–water partition coefficient (Wildman–Crippen LogP) is 2.36. The highest BCUT2D eigenvalue weighted by Gasteiger charge is 2.35. The van der Waals surface area contributed by atoms with E-state index in [1.807, 2.05) is 0 Å². The molecule has 0 amide bonds. The summed E-state index contributed by atoms with van der Waals surface area (Å²) in [5.41, 5.74) is 6.37. The number of sulfonamides is 1. The van der Waals surface area contributed by atoms with Crippen molar-refractivity contribution < 1.29 is 8.42 Å². The van der Waals surface area contributed by atoms with Crippen LogP contribution in [0.4, 0.5) is 0 Å². The maximum Gasteiger partial charge on any atom is 0.242 e. The molecule has 120 valence electrons. The van der Waals surface area contributed by atoms with Crippen molar-refractivity contribution >= 4 is 10.0 Å². The zero-order valence-corrected chi connectivity index (χ0v) is 13.8. The van der Waals surface area contributed by atoms with E-state index in [1.54, 1.807) is 6.07 Å². The van der Waals surface area contributed by atoms with Gasteiger partial charge in [0.05, 0.1) is 4.90 Å². The molecule has 21 heavy (non-hydrogen) atoms. The third kappa shape index (κ3) is 4.08. The van der Waals surface area contributed by atoms with Crippen molar-refractivity contribution in [3.8, 4) is 0 Å². The van der Waals surface area contributed by atoms with Crippen LogP contribution < -0.4 is 10.5 Å². The molecule has 0 spiro atoms. The Kier molecular flexibility index (Phi) is 5.11. The minimum Gasteiger partial charge on any atom is -0.363 e. The Morgan fingerprint density at radius 2 is 2.05 bits per heavy atom. The molecule has 0 unspecified atom stereocenters. The molecule has 2 rings (SSSR count). The number of hydrogen-bond acceptors (Lipinski definition) is 3. The lowest BCUT2D eigenvalue weighted by Crippen LogP contribution is -2.36. The number of aromatic amines is 1. The first-order valence-electron chi connectivity index (χ1n) is 7.74. The van der Waals surface area contributed by atoms with E-state index in [9.17, 15) is 8.42 Å². The van der Waals surface area contributed by atoms with Crippen LogP contribution in [-0.2, 0) is 16.6 Å². The minimum absolute atomic E-state index is 0.133. The first-order valence-corrected chi connectivity index (χ1v) is 9.22. The Balaban J connectivity index is 2.05. The van der Waals surface area contributed by atoms with Crippen molar-refractivity contribution in [2.24, 2.45) is 17.1 Å². The maximum atomic E-state index is 12.4. The lowest BCUT2D eigenvalue weighted by atomic mass is 9.79. The normalized spacial score (nSPS) is 18.5. The van der Waals surface area contributed by atoms with Crippen LogP contribution in [0.15, 0.2) is 17.2 Å². The van der Waals surface area contributed by atoms with Gasteiger partial charge in [-0.2, -0.15) is 0 Å². The quantitative estimate of drug-likeness (QED) is 0.722. The molecule has 4 N–H and O–H groups in total. The lowest BCUT2D eigenvalue weighted by molar-refractivity contribution is 0.236. The van der Waals surface area contributed by atoms with Crippen LogP contribution in [0.1, 0.15) is 51.6 Å². The number of rotatable bonds is 7. The second-order valence-corrected chi connectivity index (χ2v) is 8.46. The van der Waals surface area contributed by atoms with Crippen molar-refractivity contribution in [1.29, 1.82) is 0 Å². The molecule has 0 aliphatic heterocycles. The Hall–Kier alpha value is -0.850. The first kappa shape index (κ1) is 16.5. The van der Waals surface area contributed by atoms with E-state index >= 15 is 0 Å². The van der Waals surface area contributed by atoms with E-state index in [0.29, 0.717) is 19.0 Å². The van der Waals surface area contributed by atoms with Crippen molar-refractivity contribution in [2.75, 3.05) is 6.54 Å². The van der Waals surface area contributed by atoms with Crippen LogP contribution in [0, 0.1) is 11.3 Å². The van der Waals surface area contributed by atoms with Crippen molar-refractivity contribution in [1.82, 2.24) is 9.71 Å². The zero-order valence-electron chi connectivity index (χ0n) is 13.0. The van der Waals surface area contributed by atoms with E-state index in [2.05, 4.69) is 23.6 Å². The molecule has 1 aromatic rings. The third-order valence-corrected chi connectivity index (χ3v) is 5.77. The Bertz CT molecular complexity index is 557. The summed E-state index contributed by atoms with van der Waals surface area (Å²) in [5, 5.41) is 0. The van der Waals surface area contributed by atoms with Crippen LogP contribution in [-0.4, -0.2) is 19.9 Å². The monoisotopic (exact) mass is 313 g/mol. The maximum absolute atomic E-state index is 12.4. The summed E-state index contributed by atoms with van der Waals surface area (Å²) in [6.45, 7) is 5.26. The molecule has 5 nitrogen and oxygen atoms in total. The van der Waals surface area contributed by atoms with Gasteiger partial charge in [0.15, 0.2) is 0 Å². The van der Waals surface area contributed by atoms with Gasteiger partial charge in [0.25, 0.3) is 0 Å². The molecule has 0 bridgehead atoms. The zero-order chi connectivity index (χ0) is 15.5. The molecule has 0 radical (unpaired) electrons. The highest BCUT2D eigenvalue weighted by Crippen LogP contribution is 2.42. The summed E-state index contributed by atoms with van der Waals surface area (Å²) in [6, 6.07) is 1.60. The highest BCUT2D eigenvalue weighted by molar-refractivity contribution is 7.89. The molecule has 0 atom stereocenters. The fourth-order valence-electron chi connectivity index (χ4n) is 3.47. The predicted molar refractivity (Wildman–Crippen MR) is 84.2 cm³/mol. The molecule has 0 saturated heterocycles. The summed E-state index contributed by atoms with van der Waals surface area (Å²) in [5.74, 6) is 0.587. The highest BCUT2D eigenvalue weighted by atomic mass is 32.2. The molecule has 1 heterocycles. The second kappa shape index (κ2) is 6.50. The summed E-state index contributed by atoms with van der Waals surface area (Å²) in [4.78, 5) is 3.17. The van der Waals surface area contributed by atoms with Crippen molar-refractivity contribution in [3.63, 3.8) is 0 Å².